The molecular weight excluding hydrogens is 338 g/mol. The Morgan fingerprint density at radius 3 is 2.26 bits per heavy atom. The van der Waals surface area contributed by atoms with Crippen LogP contribution in [0.25, 0.3) is 0 Å². The van der Waals surface area contributed by atoms with Crippen molar-refractivity contribution in [1.82, 2.24) is 4.90 Å². The number of piperidine rings is 1. The smallest absolute Gasteiger partial charge is 0.234 e. The fourth-order valence-electron chi connectivity index (χ4n) is 4.00. The largest absolute Gasteiger partial charge is 0.457 e. The second-order valence-electron chi connectivity index (χ2n) is 7.21. The quantitative estimate of drug-likeness (QED) is 0.585. The summed E-state index contributed by atoms with van der Waals surface area (Å²) in [5.41, 5.74) is 1.91. The molecule has 4 heteroatoms. The third kappa shape index (κ3) is 3.62. The van der Waals surface area contributed by atoms with Crippen LogP contribution in [0.2, 0.25) is 0 Å². The molecule has 0 bridgehead atoms. The first-order chi connectivity index (χ1) is 13.3. The number of nitrogens with zero attached hydrogens (tertiary/aromatic N) is 1. The maximum Gasteiger partial charge on any atom is 0.234 e. The molecule has 0 saturated carbocycles. The van der Waals surface area contributed by atoms with Gasteiger partial charge in [-0.25, -0.2) is 0 Å². The minimum atomic E-state index is -0.292. The Balaban J connectivity index is 1.52. The minimum Gasteiger partial charge on any atom is -0.457 e. The van der Waals surface area contributed by atoms with Crippen LogP contribution >= 0.6 is 0 Å². The van der Waals surface area contributed by atoms with Gasteiger partial charge in [-0.1, -0.05) is 42.5 Å². The lowest BCUT2D eigenvalue weighted by molar-refractivity contribution is -0.133. The molecule has 2 aliphatic rings. The third-order valence-corrected chi connectivity index (χ3v) is 5.44. The van der Waals surface area contributed by atoms with Gasteiger partial charge in [-0.2, -0.15) is 0 Å². The Morgan fingerprint density at radius 1 is 1.07 bits per heavy atom. The maximum absolute atomic E-state index is 13.5. The van der Waals surface area contributed by atoms with Crippen LogP contribution < -0.4 is 4.74 Å². The molecule has 1 saturated heterocycles. The summed E-state index contributed by atoms with van der Waals surface area (Å²) in [5, 5.41) is 0. The van der Waals surface area contributed by atoms with Crippen LogP contribution in [0.4, 0.5) is 0 Å². The lowest BCUT2D eigenvalue weighted by atomic mass is 9.86. The highest BCUT2D eigenvalue weighted by atomic mass is 16.5. The van der Waals surface area contributed by atoms with E-state index >= 15 is 0 Å². The van der Waals surface area contributed by atoms with Gasteiger partial charge < -0.3 is 14.4 Å². The van der Waals surface area contributed by atoms with Gasteiger partial charge in [0.25, 0.3) is 0 Å². The summed E-state index contributed by atoms with van der Waals surface area (Å²) in [7, 11) is 0. The molecule has 4 nitrogen and oxygen atoms in total. The molecule has 0 unspecified atom stereocenters. The van der Waals surface area contributed by atoms with E-state index in [1.807, 2.05) is 53.4 Å². The van der Waals surface area contributed by atoms with E-state index in [-0.39, 0.29) is 11.8 Å². The van der Waals surface area contributed by atoms with Crippen LogP contribution in [0, 0.1) is 5.92 Å². The molecule has 140 valence electrons. The first-order valence-electron chi connectivity index (χ1n) is 9.61. The van der Waals surface area contributed by atoms with Crippen LogP contribution in [-0.4, -0.2) is 37.1 Å². The Hall–Kier alpha value is -2.59. The monoisotopic (exact) mass is 363 g/mol. The summed E-state index contributed by atoms with van der Waals surface area (Å²) in [5.74, 6) is 1.95. The predicted molar refractivity (Wildman–Crippen MR) is 105 cm³/mol. The first kappa shape index (κ1) is 17.8. The molecule has 0 radical (unpaired) electrons. The Kier molecular flexibility index (Phi) is 5.26. The number of rotatable bonds is 5. The molecule has 2 aromatic carbocycles. The number of carbonyl (C=O) groups is 1. The third-order valence-electron chi connectivity index (χ3n) is 5.44. The van der Waals surface area contributed by atoms with E-state index in [0.717, 1.165) is 55.2 Å². The molecule has 1 fully saturated rings. The molecular formula is C23H25NO3. The fraction of sp³-hybridized carbons (Fsp3) is 0.348. The van der Waals surface area contributed by atoms with E-state index < -0.39 is 0 Å². The molecule has 0 spiro atoms. The van der Waals surface area contributed by atoms with Gasteiger partial charge in [0.1, 0.15) is 11.5 Å². The van der Waals surface area contributed by atoms with Crippen LogP contribution in [0.5, 0.6) is 11.5 Å². The van der Waals surface area contributed by atoms with E-state index in [1.54, 1.807) is 6.08 Å². The highest BCUT2D eigenvalue weighted by molar-refractivity contribution is 5.89. The zero-order chi connectivity index (χ0) is 18.6. The number of para-hydroxylation sites is 2. The highest BCUT2D eigenvalue weighted by Crippen LogP contribution is 2.44. The average molecular weight is 363 g/mol. The van der Waals surface area contributed by atoms with Gasteiger partial charge in [-0.3, -0.25) is 4.79 Å². The molecule has 0 atom stereocenters. The lowest BCUT2D eigenvalue weighted by Crippen LogP contribution is -2.42. The van der Waals surface area contributed by atoms with Crippen molar-refractivity contribution in [3.8, 4) is 11.5 Å². The van der Waals surface area contributed by atoms with E-state index in [4.69, 9.17) is 9.47 Å². The number of likely N-dealkylation sites (tertiary alicyclic amines) is 1. The molecule has 1 amide bonds. The summed E-state index contributed by atoms with van der Waals surface area (Å²) < 4.78 is 11.6. The van der Waals surface area contributed by atoms with Crippen molar-refractivity contribution in [2.24, 2.45) is 5.92 Å². The summed E-state index contributed by atoms with van der Waals surface area (Å²) in [6.45, 7) is 6.58. The van der Waals surface area contributed by atoms with Crippen LogP contribution in [0.1, 0.15) is 29.9 Å². The van der Waals surface area contributed by atoms with Crippen molar-refractivity contribution in [1.29, 1.82) is 0 Å². The number of fused-ring (bicyclic) bond motifs is 2. The van der Waals surface area contributed by atoms with Gasteiger partial charge in [-0.15, -0.1) is 6.58 Å². The zero-order valence-electron chi connectivity index (χ0n) is 15.5. The first-order valence-corrected chi connectivity index (χ1v) is 9.61. The zero-order valence-corrected chi connectivity index (χ0v) is 15.5. The van der Waals surface area contributed by atoms with Gasteiger partial charge in [-0.05, 0) is 30.9 Å². The topological polar surface area (TPSA) is 38.8 Å². The summed E-state index contributed by atoms with van der Waals surface area (Å²) in [6.07, 6.45) is 3.74. The standard InChI is InChI=1S/C23H25NO3/c1-2-15-26-16-17-11-13-24(14-12-17)23(25)22-18-7-3-5-9-20(18)27-21-10-6-4-8-19(21)22/h2-10,17,22H,1,11-16H2. The number of ether oxygens (including phenoxy) is 2. The average Bonchev–Trinajstić information content (AvgIpc) is 2.72. The fourth-order valence-corrected chi connectivity index (χ4v) is 4.00. The predicted octanol–water partition coefficient (Wildman–Crippen LogP) is 4.37. The van der Waals surface area contributed by atoms with E-state index in [0.29, 0.717) is 12.5 Å². The highest BCUT2D eigenvalue weighted by Gasteiger charge is 2.36. The molecule has 2 aromatic rings. The maximum atomic E-state index is 13.5. The molecule has 0 aromatic heterocycles. The minimum absolute atomic E-state index is 0.170. The van der Waals surface area contributed by atoms with E-state index in [9.17, 15) is 4.79 Å². The Bertz CT molecular complexity index is 778. The SMILES string of the molecule is C=CCOCC1CCN(C(=O)C2c3ccccc3Oc3ccccc32)CC1. The number of carbonyl (C=O) groups excluding carboxylic acids is 1. The van der Waals surface area contributed by atoms with Gasteiger partial charge in [0.05, 0.1) is 12.5 Å². The van der Waals surface area contributed by atoms with Gasteiger partial charge in [0, 0.05) is 30.8 Å². The van der Waals surface area contributed by atoms with E-state index in [2.05, 4.69) is 6.58 Å². The molecule has 2 aliphatic heterocycles. The van der Waals surface area contributed by atoms with Crippen LogP contribution in [0.3, 0.4) is 0 Å². The van der Waals surface area contributed by atoms with Crippen molar-refractivity contribution < 1.29 is 14.3 Å². The summed E-state index contributed by atoms with van der Waals surface area (Å²) in [4.78, 5) is 15.5. The second kappa shape index (κ2) is 7.97. The molecule has 0 aliphatic carbocycles. The van der Waals surface area contributed by atoms with E-state index in [1.165, 1.54) is 0 Å². The van der Waals surface area contributed by atoms with Crippen molar-refractivity contribution in [2.75, 3.05) is 26.3 Å². The number of hydrogen-bond acceptors (Lipinski definition) is 3. The molecule has 2 heterocycles. The van der Waals surface area contributed by atoms with Gasteiger partial charge >= 0.3 is 0 Å². The lowest BCUT2D eigenvalue weighted by Gasteiger charge is -2.36. The number of amides is 1. The Morgan fingerprint density at radius 2 is 1.67 bits per heavy atom. The Labute approximate surface area is 160 Å². The molecule has 27 heavy (non-hydrogen) atoms. The number of hydrogen-bond donors (Lipinski definition) is 0. The number of benzene rings is 2. The van der Waals surface area contributed by atoms with Crippen molar-refractivity contribution in [2.45, 2.75) is 18.8 Å². The van der Waals surface area contributed by atoms with Crippen LogP contribution in [-0.2, 0) is 9.53 Å². The van der Waals surface area contributed by atoms with Crippen molar-refractivity contribution in [3.05, 3.63) is 72.3 Å². The van der Waals surface area contributed by atoms with Gasteiger partial charge in [0.2, 0.25) is 5.91 Å². The molecule has 0 N–H and O–H groups in total. The van der Waals surface area contributed by atoms with Crippen molar-refractivity contribution >= 4 is 5.91 Å². The second-order valence-corrected chi connectivity index (χ2v) is 7.21. The van der Waals surface area contributed by atoms with Crippen LogP contribution in [0.15, 0.2) is 61.2 Å². The van der Waals surface area contributed by atoms with Gasteiger partial charge in [0.15, 0.2) is 0 Å². The molecule has 4 rings (SSSR count). The summed E-state index contributed by atoms with van der Waals surface area (Å²) in [6, 6.07) is 15.7. The van der Waals surface area contributed by atoms with Crippen molar-refractivity contribution in [3.63, 3.8) is 0 Å². The summed E-state index contributed by atoms with van der Waals surface area (Å²) >= 11 is 0. The normalized spacial score (nSPS) is 17.0.